The first-order valence-electron chi connectivity index (χ1n) is 5.15. The van der Waals surface area contributed by atoms with Gasteiger partial charge in [0.15, 0.2) is 0 Å². The Morgan fingerprint density at radius 3 is 3.06 bits per heavy atom. The Morgan fingerprint density at radius 2 is 2.24 bits per heavy atom. The van der Waals surface area contributed by atoms with Gasteiger partial charge in [-0.1, -0.05) is 12.1 Å². The van der Waals surface area contributed by atoms with Crippen molar-refractivity contribution in [2.75, 3.05) is 0 Å². The minimum atomic E-state index is 0.338. The number of hydrogen-bond donors (Lipinski definition) is 1. The van der Waals surface area contributed by atoms with Crippen molar-refractivity contribution in [1.29, 1.82) is 5.26 Å². The third-order valence-corrected chi connectivity index (χ3v) is 2.94. The fraction of sp³-hybridized carbons (Fsp3) is 0.0833. The van der Waals surface area contributed by atoms with Gasteiger partial charge in [0.2, 0.25) is 4.77 Å². The first-order chi connectivity index (χ1) is 8.29. The van der Waals surface area contributed by atoms with Gasteiger partial charge in [-0.25, -0.2) is 4.98 Å². The molecule has 0 bridgehead atoms. The van der Waals surface area contributed by atoms with E-state index in [-0.39, 0.29) is 0 Å². The van der Waals surface area contributed by atoms with Crippen molar-refractivity contribution in [2.24, 2.45) is 0 Å². The number of para-hydroxylation sites is 1. The molecule has 0 aliphatic rings. The van der Waals surface area contributed by atoms with E-state index in [1.165, 1.54) is 0 Å². The molecule has 0 radical (unpaired) electrons. The molecule has 1 aromatic carbocycles. The van der Waals surface area contributed by atoms with Crippen molar-refractivity contribution in [3.05, 3.63) is 40.9 Å². The predicted octanol–water partition coefficient (Wildman–Crippen LogP) is 2.61. The number of nitriles is 1. The van der Waals surface area contributed by atoms with Gasteiger partial charge in [-0.15, -0.1) is 0 Å². The number of hydrogen-bond acceptors (Lipinski definition) is 3. The fourth-order valence-electron chi connectivity index (χ4n) is 1.92. The summed E-state index contributed by atoms with van der Waals surface area (Å²) in [5.41, 5.74) is 2.60. The molecule has 5 heteroatoms. The molecule has 0 amide bonds. The molecule has 0 saturated carbocycles. The average Bonchev–Trinajstić information content (AvgIpc) is 2.74. The lowest BCUT2D eigenvalue weighted by Crippen LogP contribution is -1.91. The molecule has 2 aromatic heterocycles. The van der Waals surface area contributed by atoms with E-state index < -0.39 is 0 Å². The van der Waals surface area contributed by atoms with Gasteiger partial charge >= 0.3 is 0 Å². The second-order valence-electron chi connectivity index (χ2n) is 3.74. The number of H-pyrrole nitrogens is 1. The summed E-state index contributed by atoms with van der Waals surface area (Å²) in [6, 6.07) is 9.91. The molecule has 1 N–H and O–H groups in total. The lowest BCUT2D eigenvalue weighted by atomic mass is 10.2. The first-order valence-corrected chi connectivity index (χ1v) is 5.56. The summed E-state index contributed by atoms with van der Waals surface area (Å²) < 4.78 is 2.31. The molecule has 3 rings (SSSR count). The zero-order valence-electron chi connectivity index (χ0n) is 8.84. The lowest BCUT2D eigenvalue weighted by molar-refractivity contribution is 1.08. The maximum absolute atomic E-state index is 8.71. The van der Waals surface area contributed by atoms with Gasteiger partial charge < -0.3 is 4.98 Å². The molecule has 17 heavy (non-hydrogen) atoms. The van der Waals surface area contributed by atoms with E-state index >= 15 is 0 Å². The topological polar surface area (TPSA) is 56.9 Å². The summed E-state index contributed by atoms with van der Waals surface area (Å²) in [5.74, 6) is 0. The number of nitrogens with zero attached hydrogens (tertiary/aromatic N) is 3. The summed E-state index contributed by atoms with van der Waals surface area (Å²) in [5, 5.41) is 9.71. The largest absolute Gasteiger partial charge is 0.342 e. The van der Waals surface area contributed by atoms with E-state index in [0.717, 1.165) is 22.2 Å². The van der Waals surface area contributed by atoms with Gasteiger partial charge in [-0.05, 0) is 24.4 Å². The maximum atomic E-state index is 8.71. The lowest BCUT2D eigenvalue weighted by Gasteiger charge is -1.99. The monoisotopic (exact) mass is 240 g/mol. The number of aromatic amines is 1. The summed E-state index contributed by atoms with van der Waals surface area (Å²) in [7, 11) is 0. The van der Waals surface area contributed by atoms with E-state index in [9.17, 15) is 0 Å². The van der Waals surface area contributed by atoms with Crippen LogP contribution >= 0.6 is 12.2 Å². The molecule has 0 aliphatic carbocycles. The molecule has 2 heterocycles. The standard InChI is InChI=1S/C12H8N4S/c13-6-5-8-7-16-11(14-8)9-3-1-2-4-10(9)15-12(16)17/h1-4,7,14H,5H2. The maximum Gasteiger partial charge on any atom is 0.205 e. The van der Waals surface area contributed by atoms with Gasteiger partial charge in [0, 0.05) is 17.3 Å². The summed E-state index contributed by atoms with van der Waals surface area (Å²) in [6.07, 6.45) is 2.17. The van der Waals surface area contributed by atoms with Crippen molar-refractivity contribution in [3.63, 3.8) is 0 Å². The number of rotatable bonds is 1. The number of imidazole rings is 1. The molecule has 4 nitrogen and oxygen atoms in total. The molecule has 0 unspecified atom stereocenters. The number of benzene rings is 1. The van der Waals surface area contributed by atoms with E-state index in [0.29, 0.717) is 11.2 Å². The minimum absolute atomic E-state index is 0.338. The van der Waals surface area contributed by atoms with Crippen LogP contribution in [0.5, 0.6) is 0 Å². The molecule has 3 aromatic rings. The molecule has 0 spiro atoms. The molecular weight excluding hydrogens is 232 g/mol. The third kappa shape index (κ3) is 1.50. The fourth-order valence-corrected chi connectivity index (χ4v) is 2.16. The van der Waals surface area contributed by atoms with Gasteiger partial charge in [0.25, 0.3) is 0 Å². The van der Waals surface area contributed by atoms with Crippen LogP contribution in [-0.2, 0) is 6.42 Å². The Labute approximate surface area is 102 Å². The Bertz CT molecular complexity index is 807. The molecule has 0 saturated heterocycles. The van der Waals surface area contributed by atoms with Crippen molar-refractivity contribution in [3.8, 4) is 6.07 Å². The van der Waals surface area contributed by atoms with Gasteiger partial charge in [-0.3, -0.25) is 4.40 Å². The van der Waals surface area contributed by atoms with Gasteiger partial charge in [0.1, 0.15) is 5.65 Å². The summed E-state index contributed by atoms with van der Waals surface area (Å²) in [4.78, 5) is 7.57. The average molecular weight is 240 g/mol. The third-order valence-electron chi connectivity index (χ3n) is 2.66. The number of aromatic nitrogens is 3. The van der Waals surface area contributed by atoms with Gasteiger partial charge in [-0.2, -0.15) is 5.26 Å². The van der Waals surface area contributed by atoms with Crippen molar-refractivity contribution >= 4 is 28.8 Å². The van der Waals surface area contributed by atoms with Crippen LogP contribution in [0.4, 0.5) is 0 Å². The Morgan fingerprint density at radius 1 is 1.41 bits per heavy atom. The Kier molecular flexibility index (Phi) is 2.16. The van der Waals surface area contributed by atoms with Crippen LogP contribution in [0.3, 0.4) is 0 Å². The van der Waals surface area contributed by atoms with E-state index in [2.05, 4.69) is 16.0 Å². The number of fused-ring (bicyclic) bond motifs is 3. The van der Waals surface area contributed by atoms with Crippen LogP contribution in [0.15, 0.2) is 30.5 Å². The van der Waals surface area contributed by atoms with Gasteiger partial charge in [0.05, 0.1) is 18.0 Å². The SMILES string of the molecule is N#CCc1cn2c(=S)nc3ccccc3c2[nH]1. The quantitative estimate of drug-likeness (QED) is 0.665. The molecule has 82 valence electrons. The van der Waals surface area contributed by atoms with Crippen LogP contribution in [-0.4, -0.2) is 14.4 Å². The highest BCUT2D eigenvalue weighted by Gasteiger charge is 2.06. The van der Waals surface area contributed by atoms with E-state index in [1.807, 2.05) is 34.9 Å². The van der Waals surface area contributed by atoms with E-state index in [1.54, 1.807) is 0 Å². The Hall–Kier alpha value is -2.19. The number of nitrogens with one attached hydrogen (secondary N) is 1. The second kappa shape index (κ2) is 3.68. The molecular formula is C12H8N4S. The van der Waals surface area contributed by atoms with Crippen LogP contribution < -0.4 is 0 Å². The zero-order valence-corrected chi connectivity index (χ0v) is 9.66. The highest BCUT2D eigenvalue weighted by atomic mass is 32.1. The predicted molar refractivity (Wildman–Crippen MR) is 67.2 cm³/mol. The minimum Gasteiger partial charge on any atom is -0.342 e. The summed E-state index contributed by atoms with van der Waals surface area (Å²) >= 11 is 5.23. The van der Waals surface area contributed by atoms with Crippen LogP contribution in [0.1, 0.15) is 5.69 Å². The molecule has 0 atom stereocenters. The second-order valence-corrected chi connectivity index (χ2v) is 4.11. The highest BCUT2D eigenvalue weighted by molar-refractivity contribution is 7.71. The van der Waals surface area contributed by atoms with E-state index in [4.69, 9.17) is 17.5 Å². The van der Waals surface area contributed by atoms with Crippen LogP contribution in [0.25, 0.3) is 16.6 Å². The van der Waals surface area contributed by atoms with Crippen LogP contribution in [0.2, 0.25) is 0 Å². The van der Waals surface area contributed by atoms with Crippen molar-refractivity contribution < 1.29 is 0 Å². The summed E-state index contributed by atoms with van der Waals surface area (Å²) in [6.45, 7) is 0. The zero-order chi connectivity index (χ0) is 11.8. The molecule has 0 aliphatic heterocycles. The first kappa shape index (κ1) is 10.00. The van der Waals surface area contributed by atoms with Crippen molar-refractivity contribution in [2.45, 2.75) is 6.42 Å². The Balaban J connectivity index is 2.48. The smallest absolute Gasteiger partial charge is 0.205 e. The van der Waals surface area contributed by atoms with Crippen LogP contribution in [0, 0.1) is 16.1 Å². The molecule has 0 fully saturated rings. The normalized spacial score (nSPS) is 10.8. The highest BCUT2D eigenvalue weighted by Crippen LogP contribution is 2.18. The van der Waals surface area contributed by atoms with Crippen molar-refractivity contribution in [1.82, 2.24) is 14.4 Å².